The molecular formula is C18H27NO5. The molecule has 0 aromatic heterocycles. The second-order valence-electron chi connectivity index (χ2n) is 6.97. The van der Waals surface area contributed by atoms with E-state index in [1.165, 1.54) is 0 Å². The highest BCUT2D eigenvalue weighted by Gasteiger charge is 2.35. The van der Waals surface area contributed by atoms with Crippen molar-refractivity contribution in [2.24, 2.45) is 0 Å². The predicted octanol–water partition coefficient (Wildman–Crippen LogP) is 2.79. The minimum Gasteiger partial charge on any atom is -0.493 e. The summed E-state index contributed by atoms with van der Waals surface area (Å²) in [4.78, 5) is 13.7. The molecule has 2 rings (SSSR count). The molecule has 0 unspecified atom stereocenters. The lowest BCUT2D eigenvalue weighted by Gasteiger charge is -2.37. The zero-order chi connectivity index (χ0) is 17.9. The van der Waals surface area contributed by atoms with Gasteiger partial charge in [0.05, 0.1) is 26.9 Å². The minimum atomic E-state index is -0.688. The van der Waals surface area contributed by atoms with Crippen LogP contribution >= 0.6 is 0 Å². The molecule has 0 radical (unpaired) electrons. The third kappa shape index (κ3) is 4.12. The first-order chi connectivity index (χ1) is 11.3. The fourth-order valence-electron chi connectivity index (χ4n) is 2.99. The molecular weight excluding hydrogens is 310 g/mol. The van der Waals surface area contributed by atoms with E-state index < -0.39 is 17.8 Å². The Hall–Kier alpha value is -1.95. The van der Waals surface area contributed by atoms with Crippen LogP contribution in [0.4, 0.5) is 4.79 Å². The van der Waals surface area contributed by atoms with Gasteiger partial charge in [-0.1, -0.05) is 12.1 Å². The normalized spacial score (nSPS) is 21.3. The Morgan fingerprint density at radius 3 is 2.50 bits per heavy atom. The molecule has 134 valence electrons. The second-order valence-corrected chi connectivity index (χ2v) is 6.97. The number of nitrogens with zero attached hydrogens (tertiary/aromatic N) is 1. The van der Waals surface area contributed by atoms with Gasteiger partial charge in [0, 0.05) is 18.0 Å². The summed E-state index contributed by atoms with van der Waals surface area (Å²) in [7, 11) is 3.17. The van der Waals surface area contributed by atoms with E-state index in [9.17, 15) is 9.90 Å². The maximum Gasteiger partial charge on any atom is 0.410 e. The zero-order valence-corrected chi connectivity index (χ0v) is 15.0. The largest absolute Gasteiger partial charge is 0.493 e. The number of benzene rings is 1. The van der Waals surface area contributed by atoms with E-state index in [1.807, 2.05) is 39.0 Å². The SMILES string of the molecule is COc1cccc([C@H]2CCN(C(=O)OC(C)(C)C)C[C@H]2O)c1OC. The first-order valence-electron chi connectivity index (χ1n) is 8.13. The monoisotopic (exact) mass is 337 g/mol. The highest BCUT2D eigenvalue weighted by molar-refractivity contribution is 5.68. The fraction of sp³-hybridized carbons (Fsp3) is 0.611. The number of rotatable bonds is 3. The minimum absolute atomic E-state index is 0.117. The van der Waals surface area contributed by atoms with Crippen LogP contribution in [-0.2, 0) is 4.74 Å². The van der Waals surface area contributed by atoms with Crippen LogP contribution < -0.4 is 9.47 Å². The van der Waals surface area contributed by atoms with Gasteiger partial charge in [-0.05, 0) is 33.3 Å². The van der Waals surface area contributed by atoms with Gasteiger partial charge >= 0.3 is 6.09 Å². The molecule has 1 heterocycles. The quantitative estimate of drug-likeness (QED) is 0.918. The van der Waals surface area contributed by atoms with Crippen LogP contribution in [0, 0.1) is 0 Å². The Morgan fingerprint density at radius 1 is 1.25 bits per heavy atom. The summed E-state index contributed by atoms with van der Waals surface area (Å²) >= 11 is 0. The van der Waals surface area contributed by atoms with Crippen LogP contribution in [0.3, 0.4) is 0 Å². The summed E-state index contributed by atoms with van der Waals surface area (Å²) in [5.41, 5.74) is 0.350. The summed E-state index contributed by atoms with van der Waals surface area (Å²) < 4.78 is 16.2. The molecule has 2 atom stereocenters. The number of ether oxygens (including phenoxy) is 3. The van der Waals surface area contributed by atoms with Crippen molar-refractivity contribution in [2.75, 3.05) is 27.3 Å². The Labute approximate surface area is 143 Å². The number of β-amino-alcohol motifs (C(OH)–C–C–N with tert-alkyl or cyclic N) is 1. The highest BCUT2D eigenvalue weighted by atomic mass is 16.6. The molecule has 0 saturated carbocycles. The van der Waals surface area contributed by atoms with Gasteiger partial charge < -0.3 is 24.2 Å². The highest BCUT2D eigenvalue weighted by Crippen LogP contribution is 2.39. The van der Waals surface area contributed by atoms with Crippen molar-refractivity contribution in [1.29, 1.82) is 0 Å². The first kappa shape index (κ1) is 18.4. The molecule has 1 aliphatic rings. The average Bonchev–Trinajstić information content (AvgIpc) is 2.52. The lowest BCUT2D eigenvalue weighted by molar-refractivity contribution is -0.00172. The molecule has 1 fully saturated rings. The van der Waals surface area contributed by atoms with Crippen LogP contribution in [0.2, 0.25) is 0 Å². The number of para-hydroxylation sites is 1. The molecule has 24 heavy (non-hydrogen) atoms. The van der Waals surface area contributed by atoms with Gasteiger partial charge in [-0.15, -0.1) is 0 Å². The maximum absolute atomic E-state index is 12.2. The van der Waals surface area contributed by atoms with E-state index in [2.05, 4.69) is 0 Å². The molecule has 1 N–H and O–H groups in total. The molecule has 0 aliphatic carbocycles. The fourth-order valence-corrected chi connectivity index (χ4v) is 2.99. The lowest BCUT2D eigenvalue weighted by Crippen LogP contribution is -2.47. The molecule has 1 aliphatic heterocycles. The number of hydrogen-bond donors (Lipinski definition) is 1. The molecule has 0 spiro atoms. The summed E-state index contributed by atoms with van der Waals surface area (Å²) in [5, 5.41) is 10.6. The van der Waals surface area contributed by atoms with Gasteiger partial charge in [0.2, 0.25) is 0 Å². The number of amides is 1. The van der Waals surface area contributed by atoms with E-state index >= 15 is 0 Å². The van der Waals surface area contributed by atoms with Gasteiger partial charge in [0.1, 0.15) is 5.60 Å². The Bertz CT molecular complexity index is 581. The summed E-state index contributed by atoms with van der Waals surface area (Å²) in [6.45, 7) is 6.25. The van der Waals surface area contributed by atoms with Crippen molar-refractivity contribution in [3.63, 3.8) is 0 Å². The molecule has 1 saturated heterocycles. The van der Waals surface area contributed by atoms with E-state index in [-0.39, 0.29) is 12.5 Å². The van der Waals surface area contributed by atoms with Crippen molar-refractivity contribution in [3.05, 3.63) is 23.8 Å². The van der Waals surface area contributed by atoms with Crippen LogP contribution in [0.5, 0.6) is 11.5 Å². The van der Waals surface area contributed by atoms with E-state index in [0.29, 0.717) is 24.5 Å². The third-order valence-corrected chi connectivity index (χ3v) is 4.07. The van der Waals surface area contributed by atoms with Crippen LogP contribution in [0.1, 0.15) is 38.7 Å². The number of methoxy groups -OCH3 is 2. The predicted molar refractivity (Wildman–Crippen MR) is 90.7 cm³/mol. The topological polar surface area (TPSA) is 68.2 Å². The van der Waals surface area contributed by atoms with E-state index in [4.69, 9.17) is 14.2 Å². The average molecular weight is 337 g/mol. The molecule has 6 nitrogen and oxygen atoms in total. The molecule has 1 amide bonds. The molecule has 6 heteroatoms. The number of carbonyl (C=O) groups is 1. The van der Waals surface area contributed by atoms with Crippen molar-refractivity contribution < 1.29 is 24.1 Å². The smallest absolute Gasteiger partial charge is 0.410 e. The van der Waals surface area contributed by atoms with Crippen LogP contribution in [0.15, 0.2) is 18.2 Å². The number of piperidine rings is 1. The van der Waals surface area contributed by atoms with E-state index in [0.717, 1.165) is 5.56 Å². The molecule has 1 aromatic carbocycles. The van der Waals surface area contributed by atoms with Crippen LogP contribution in [-0.4, -0.2) is 55.1 Å². The van der Waals surface area contributed by atoms with Crippen LogP contribution in [0.25, 0.3) is 0 Å². The maximum atomic E-state index is 12.2. The number of aliphatic hydroxyl groups is 1. The van der Waals surface area contributed by atoms with Crippen molar-refractivity contribution >= 4 is 6.09 Å². The summed E-state index contributed by atoms with van der Waals surface area (Å²) in [5.74, 6) is 1.15. The number of likely N-dealkylation sites (tertiary alicyclic amines) is 1. The van der Waals surface area contributed by atoms with Crippen molar-refractivity contribution in [1.82, 2.24) is 4.90 Å². The van der Waals surface area contributed by atoms with Crippen molar-refractivity contribution in [2.45, 2.75) is 44.8 Å². The van der Waals surface area contributed by atoms with Gasteiger partial charge in [-0.25, -0.2) is 4.79 Å². The lowest BCUT2D eigenvalue weighted by atomic mass is 9.86. The molecule has 1 aromatic rings. The van der Waals surface area contributed by atoms with Gasteiger partial charge in [-0.2, -0.15) is 0 Å². The van der Waals surface area contributed by atoms with Crippen molar-refractivity contribution in [3.8, 4) is 11.5 Å². The Balaban J connectivity index is 2.13. The van der Waals surface area contributed by atoms with Gasteiger partial charge in [0.15, 0.2) is 11.5 Å². The summed E-state index contributed by atoms with van der Waals surface area (Å²) in [6, 6.07) is 5.63. The zero-order valence-electron chi connectivity index (χ0n) is 15.0. The van der Waals surface area contributed by atoms with E-state index in [1.54, 1.807) is 19.1 Å². The Kier molecular flexibility index (Phi) is 5.59. The summed E-state index contributed by atoms with van der Waals surface area (Å²) in [6.07, 6.45) is -0.450. The standard InChI is InChI=1S/C18H27NO5/c1-18(2,3)24-17(21)19-10-9-12(14(20)11-19)13-7-6-8-15(22-4)16(13)23-5/h6-8,12,14,20H,9-11H2,1-5H3/t12-,14-/m1/s1. The number of aliphatic hydroxyl groups excluding tert-OH is 1. The third-order valence-electron chi connectivity index (χ3n) is 4.07. The number of hydrogen-bond acceptors (Lipinski definition) is 5. The van der Waals surface area contributed by atoms with Gasteiger partial charge in [-0.3, -0.25) is 0 Å². The first-order valence-corrected chi connectivity index (χ1v) is 8.13. The Morgan fingerprint density at radius 2 is 1.96 bits per heavy atom. The second kappa shape index (κ2) is 7.30. The molecule has 0 bridgehead atoms. The number of carbonyl (C=O) groups excluding carboxylic acids is 1. The van der Waals surface area contributed by atoms with Gasteiger partial charge in [0.25, 0.3) is 0 Å².